The van der Waals surface area contributed by atoms with E-state index >= 15 is 0 Å². The second-order valence-electron chi connectivity index (χ2n) is 5.11. The first-order chi connectivity index (χ1) is 9.70. The van der Waals surface area contributed by atoms with Gasteiger partial charge in [-0.15, -0.1) is 0 Å². The van der Waals surface area contributed by atoms with Crippen molar-refractivity contribution >= 4 is 6.09 Å². The Morgan fingerprint density at radius 2 is 2.10 bits per heavy atom. The fourth-order valence-corrected chi connectivity index (χ4v) is 2.45. The van der Waals surface area contributed by atoms with Gasteiger partial charge in [-0.3, -0.25) is 4.90 Å². The number of carbonyl (C=O) groups is 1. The normalized spacial score (nSPS) is 19.9. The van der Waals surface area contributed by atoms with Gasteiger partial charge in [0, 0.05) is 32.2 Å². The van der Waals surface area contributed by atoms with Crippen LogP contribution in [0.2, 0.25) is 0 Å². The van der Waals surface area contributed by atoms with E-state index in [2.05, 4.69) is 4.90 Å². The number of piperazine rings is 1. The quantitative estimate of drug-likeness (QED) is 0.902. The molecule has 0 saturated carbocycles. The number of aliphatic hydroxyl groups is 1. The van der Waals surface area contributed by atoms with Gasteiger partial charge >= 0.3 is 6.09 Å². The molecule has 1 N–H and O–H groups in total. The average molecular weight is 278 g/mol. The van der Waals surface area contributed by atoms with Crippen molar-refractivity contribution in [3.05, 3.63) is 35.9 Å². The van der Waals surface area contributed by atoms with E-state index in [9.17, 15) is 4.79 Å². The molecule has 2 rings (SSSR count). The third-order valence-corrected chi connectivity index (χ3v) is 3.57. The number of aliphatic hydroxyl groups excluding tert-OH is 1. The van der Waals surface area contributed by atoms with E-state index in [0.717, 1.165) is 18.7 Å². The molecule has 0 radical (unpaired) electrons. The monoisotopic (exact) mass is 278 g/mol. The predicted molar refractivity (Wildman–Crippen MR) is 76.3 cm³/mol. The number of rotatable bonds is 4. The number of benzene rings is 1. The van der Waals surface area contributed by atoms with Crippen LogP contribution in [0.1, 0.15) is 12.5 Å². The van der Waals surface area contributed by atoms with E-state index in [1.54, 1.807) is 4.90 Å². The lowest BCUT2D eigenvalue weighted by molar-refractivity contribution is 0.0434. The number of nitrogens with zero attached hydrogens (tertiary/aromatic N) is 2. The molecule has 1 amide bonds. The molecule has 20 heavy (non-hydrogen) atoms. The Kier molecular flexibility index (Phi) is 5.38. The van der Waals surface area contributed by atoms with Crippen LogP contribution in [0, 0.1) is 0 Å². The van der Waals surface area contributed by atoms with Gasteiger partial charge in [-0.2, -0.15) is 0 Å². The van der Waals surface area contributed by atoms with Crippen molar-refractivity contribution in [3.8, 4) is 0 Å². The zero-order chi connectivity index (χ0) is 14.4. The lowest BCUT2D eigenvalue weighted by Crippen LogP contribution is -2.54. The summed E-state index contributed by atoms with van der Waals surface area (Å²) in [5, 5.41) is 8.94. The highest BCUT2D eigenvalue weighted by atomic mass is 16.6. The summed E-state index contributed by atoms with van der Waals surface area (Å²) >= 11 is 0. The molecule has 1 aromatic carbocycles. The smallest absolute Gasteiger partial charge is 0.410 e. The van der Waals surface area contributed by atoms with Gasteiger partial charge in [0.15, 0.2) is 0 Å². The maximum absolute atomic E-state index is 12.1. The van der Waals surface area contributed by atoms with Gasteiger partial charge in [0.25, 0.3) is 0 Å². The van der Waals surface area contributed by atoms with Crippen LogP contribution in [0.5, 0.6) is 0 Å². The zero-order valence-corrected chi connectivity index (χ0v) is 11.9. The Hall–Kier alpha value is -1.59. The van der Waals surface area contributed by atoms with Crippen molar-refractivity contribution in [1.29, 1.82) is 0 Å². The minimum absolute atomic E-state index is 0.110. The molecule has 1 atom stereocenters. The Labute approximate surface area is 119 Å². The van der Waals surface area contributed by atoms with Crippen LogP contribution in [-0.4, -0.2) is 59.8 Å². The van der Waals surface area contributed by atoms with E-state index in [4.69, 9.17) is 9.84 Å². The molecule has 1 fully saturated rings. The van der Waals surface area contributed by atoms with Gasteiger partial charge < -0.3 is 14.7 Å². The molecule has 1 aromatic rings. The molecule has 0 unspecified atom stereocenters. The van der Waals surface area contributed by atoms with E-state index in [0.29, 0.717) is 19.7 Å². The van der Waals surface area contributed by atoms with E-state index in [-0.39, 0.29) is 18.7 Å². The van der Waals surface area contributed by atoms with Crippen molar-refractivity contribution in [1.82, 2.24) is 9.80 Å². The molecule has 110 valence electrons. The van der Waals surface area contributed by atoms with Gasteiger partial charge in [0.1, 0.15) is 6.61 Å². The molecule has 0 spiro atoms. The summed E-state index contributed by atoms with van der Waals surface area (Å²) in [5.74, 6) is 0. The second-order valence-corrected chi connectivity index (χ2v) is 5.11. The number of β-amino-alcohol motifs (C(OH)–C–C–N with tert-alkyl or cyclic N) is 1. The molecular weight excluding hydrogens is 256 g/mol. The van der Waals surface area contributed by atoms with Crippen molar-refractivity contribution < 1.29 is 14.6 Å². The Morgan fingerprint density at radius 1 is 1.35 bits per heavy atom. The maximum Gasteiger partial charge on any atom is 0.410 e. The van der Waals surface area contributed by atoms with Gasteiger partial charge in [0.05, 0.1) is 6.61 Å². The predicted octanol–water partition coefficient (Wildman–Crippen LogP) is 1.32. The second kappa shape index (κ2) is 7.26. The third-order valence-electron chi connectivity index (χ3n) is 3.57. The number of hydrogen-bond acceptors (Lipinski definition) is 4. The van der Waals surface area contributed by atoms with Gasteiger partial charge in [-0.1, -0.05) is 30.3 Å². The summed E-state index contributed by atoms with van der Waals surface area (Å²) in [6.45, 7) is 5.35. The number of hydrogen-bond donors (Lipinski definition) is 1. The van der Waals surface area contributed by atoms with Gasteiger partial charge in [-0.25, -0.2) is 4.79 Å². The van der Waals surface area contributed by atoms with Crippen molar-refractivity contribution in [2.45, 2.75) is 19.6 Å². The van der Waals surface area contributed by atoms with E-state index in [1.807, 2.05) is 37.3 Å². The SMILES string of the molecule is C[C@H]1CN(CCO)CCN1C(=O)OCc1ccccc1. The summed E-state index contributed by atoms with van der Waals surface area (Å²) in [7, 11) is 0. The first-order valence-electron chi connectivity index (χ1n) is 7.01. The minimum atomic E-state index is -0.259. The van der Waals surface area contributed by atoms with Crippen LogP contribution in [0.3, 0.4) is 0 Å². The minimum Gasteiger partial charge on any atom is -0.445 e. The number of carbonyl (C=O) groups excluding carboxylic acids is 1. The van der Waals surface area contributed by atoms with Gasteiger partial charge in [-0.05, 0) is 12.5 Å². The lowest BCUT2D eigenvalue weighted by atomic mass is 10.2. The van der Waals surface area contributed by atoms with Gasteiger partial charge in [0.2, 0.25) is 0 Å². The van der Waals surface area contributed by atoms with Crippen molar-refractivity contribution in [3.63, 3.8) is 0 Å². The standard InChI is InChI=1S/C15H22N2O3/c1-13-11-16(9-10-18)7-8-17(13)15(19)20-12-14-5-3-2-4-6-14/h2-6,13,18H,7-12H2,1H3/t13-/m0/s1. The summed E-state index contributed by atoms with van der Waals surface area (Å²) in [6.07, 6.45) is -0.259. The van der Waals surface area contributed by atoms with Crippen LogP contribution < -0.4 is 0 Å². The molecule has 0 aromatic heterocycles. The van der Waals surface area contributed by atoms with Crippen LogP contribution in [0.4, 0.5) is 4.79 Å². The van der Waals surface area contributed by atoms with Crippen LogP contribution >= 0.6 is 0 Å². The highest BCUT2D eigenvalue weighted by molar-refractivity contribution is 5.68. The molecule has 0 bridgehead atoms. The molecule has 1 aliphatic heterocycles. The Balaban J connectivity index is 1.81. The molecule has 5 nitrogen and oxygen atoms in total. The molecule has 1 saturated heterocycles. The summed E-state index contributed by atoms with van der Waals surface area (Å²) in [5.41, 5.74) is 0.993. The summed E-state index contributed by atoms with van der Waals surface area (Å²) < 4.78 is 5.35. The highest BCUT2D eigenvalue weighted by Crippen LogP contribution is 2.12. The Bertz CT molecular complexity index is 424. The van der Waals surface area contributed by atoms with Crippen LogP contribution in [0.25, 0.3) is 0 Å². The highest BCUT2D eigenvalue weighted by Gasteiger charge is 2.27. The van der Waals surface area contributed by atoms with E-state index in [1.165, 1.54) is 0 Å². The molecule has 0 aliphatic carbocycles. The summed E-state index contributed by atoms with van der Waals surface area (Å²) in [6, 6.07) is 9.79. The number of ether oxygens (including phenoxy) is 1. The molecule has 5 heteroatoms. The van der Waals surface area contributed by atoms with Crippen molar-refractivity contribution in [2.75, 3.05) is 32.8 Å². The first-order valence-corrected chi connectivity index (χ1v) is 7.01. The first kappa shape index (κ1) is 14.8. The van der Waals surface area contributed by atoms with Crippen LogP contribution in [0.15, 0.2) is 30.3 Å². The topological polar surface area (TPSA) is 53.0 Å². The van der Waals surface area contributed by atoms with Crippen molar-refractivity contribution in [2.24, 2.45) is 0 Å². The van der Waals surface area contributed by atoms with E-state index < -0.39 is 0 Å². The van der Waals surface area contributed by atoms with Crippen LogP contribution in [-0.2, 0) is 11.3 Å². The maximum atomic E-state index is 12.1. The molecule has 1 aliphatic rings. The fraction of sp³-hybridized carbons (Fsp3) is 0.533. The zero-order valence-electron chi connectivity index (χ0n) is 11.9. The molecular formula is C15H22N2O3. The fourth-order valence-electron chi connectivity index (χ4n) is 2.45. The molecule has 1 heterocycles. The largest absolute Gasteiger partial charge is 0.445 e. The number of amides is 1. The average Bonchev–Trinajstić information content (AvgIpc) is 2.46. The Morgan fingerprint density at radius 3 is 2.75 bits per heavy atom. The third kappa shape index (κ3) is 3.95. The lowest BCUT2D eigenvalue weighted by Gasteiger charge is -2.38. The summed E-state index contributed by atoms with van der Waals surface area (Å²) in [4.78, 5) is 16.0.